The van der Waals surface area contributed by atoms with Crippen molar-refractivity contribution >= 4 is 33.9 Å². The second-order valence-corrected chi connectivity index (χ2v) is 7.72. The van der Waals surface area contributed by atoms with Crippen LogP contribution in [0.4, 0.5) is 31.8 Å². The number of nitrogen functional groups attached to an aromatic ring is 1. The maximum atomic E-state index is 14.9. The molecule has 0 saturated carbocycles. The molecule has 170 valence electrons. The Morgan fingerprint density at radius 2 is 1.94 bits per heavy atom. The van der Waals surface area contributed by atoms with E-state index in [9.17, 15) is 8.78 Å². The van der Waals surface area contributed by atoms with Gasteiger partial charge in [0.15, 0.2) is 23.2 Å². The Balaban J connectivity index is 1.37. The quantitative estimate of drug-likeness (QED) is 0.364. The maximum Gasteiger partial charge on any atom is 0.248 e. The molecule has 1 aliphatic heterocycles. The van der Waals surface area contributed by atoms with Gasteiger partial charge in [0.25, 0.3) is 0 Å². The van der Waals surface area contributed by atoms with Crippen LogP contribution >= 0.6 is 0 Å². The van der Waals surface area contributed by atoms with Crippen LogP contribution in [0.1, 0.15) is 5.69 Å². The van der Waals surface area contributed by atoms with Gasteiger partial charge in [-0.15, -0.1) is 0 Å². The highest BCUT2D eigenvalue weighted by atomic mass is 19.1. The van der Waals surface area contributed by atoms with Crippen molar-refractivity contribution in [3.05, 3.63) is 54.1 Å². The van der Waals surface area contributed by atoms with E-state index in [1.165, 1.54) is 12.4 Å². The van der Waals surface area contributed by atoms with Crippen LogP contribution in [0.15, 0.2) is 36.8 Å². The predicted molar refractivity (Wildman–Crippen MR) is 122 cm³/mol. The number of piperazine rings is 1. The van der Waals surface area contributed by atoms with Crippen LogP contribution in [0.3, 0.4) is 0 Å². The molecule has 1 saturated heterocycles. The van der Waals surface area contributed by atoms with E-state index in [2.05, 4.69) is 35.5 Å². The second-order valence-electron chi connectivity index (χ2n) is 7.72. The fourth-order valence-electron chi connectivity index (χ4n) is 3.76. The van der Waals surface area contributed by atoms with Gasteiger partial charge >= 0.3 is 0 Å². The summed E-state index contributed by atoms with van der Waals surface area (Å²) >= 11 is 0. The van der Waals surface area contributed by atoms with Crippen molar-refractivity contribution in [1.82, 2.24) is 25.3 Å². The van der Waals surface area contributed by atoms with Crippen LogP contribution in [0.5, 0.6) is 11.6 Å². The van der Waals surface area contributed by atoms with Gasteiger partial charge in [-0.25, -0.2) is 18.7 Å². The van der Waals surface area contributed by atoms with E-state index in [4.69, 9.17) is 10.5 Å². The summed E-state index contributed by atoms with van der Waals surface area (Å²) < 4.78 is 34.8. The largest absolute Gasteiger partial charge is 0.434 e. The lowest BCUT2D eigenvalue weighted by atomic mass is 10.2. The number of benzene rings is 1. The van der Waals surface area contributed by atoms with Gasteiger partial charge < -0.3 is 31.0 Å². The number of rotatable bonds is 5. The zero-order valence-electron chi connectivity index (χ0n) is 17.8. The highest BCUT2D eigenvalue weighted by Crippen LogP contribution is 2.35. The lowest BCUT2D eigenvalue weighted by molar-refractivity contribution is 0.428. The highest BCUT2D eigenvalue weighted by Gasteiger charge is 2.19. The number of nitrogens with one attached hydrogen (secondary N) is 3. The van der Waals surface area contributed by atoms with Crippen molar-refractivity contribution in [3.8, 4) is 11.6 Å². The summed E-state index contributed by atoms with van der Waals surface area (Å²) in [5.41, 5.74) is 7.92. The molecular weight excluding hydrogens is 430 g/mol. The molecule has 4 aromatic rings. The number of aromatic amines is 1. The molecule has 1 aromatic carbocycles. The summed E-state index contributed by atoms with van der Waals surface area (Å²) in [4.78, 5) is 17.6. The van der Waals surface area contributed by atoms with Crippen LogP contribution in [0.25, 0.3) is 10.9 Å². The van der Waals surface area contributed by atoms with Crippen molar-refractivity contribution < 1.29 is 13.5 Å². The van der Waals surface area contributed by atoms with Crippen molar-refractivity contribution in [2.75, 3.05) is 42.1 Å². The fraction of sp³-hybridized carbons (Fsp3) is 0.227. The Morgan fingerprint density at radius 1 is 1.12 bits per heavy atom. The molecule has 5 rings (SSSR count). The molecule has 0 atom stereocenters. The third-order valence-corrected chi connectivity index (χ3v) is 5.43. The number of aromatic nitrogens is 4. The summed E-state index contributed by atoms with van der Waals surface area (Å²) in [6.07, 6.45) is 2.99. The van der Waals surface area contributed by atoms with E-state index < -0.39 is 11.6 Å². The molecule has 0 radical (unpaired) electrons. The number of halogens is 2. The van der Waals surface area contributed by atoms with Crippen molar-refractivity contribution in [3.63, 3.8) is 0 Å². The average Bonchev–Trinajstić information content (AvgIpc) is 3.23. The maximum absolute atomic E-state index is 14.9. The molecule has 5 N–H and O–H groups in total. The van der Waals surface area contributed by atoms with E-state index in [-0.39, 0.29) is 34.0 Å². The normalized spacial score (nSPS) is 14.0. The van der Waals surface area contributed by atoms with E-state index in [1.54, 1.807) is 13.1 Å². The van der Waals surface area contributed by atoms with Crippen LogP contribution in [-0.2, 0) is 0 Å². The smallest absolute Gasteiger partial charge is 0.248 e. The number of H-pyrrole nitrogens is 1. The zero-order valence-corrected chi connectivity index (χ0v) is 17.8. The van der Waals surface area contributed by atoms with Gasteiger partial charge in [-0.05, 0) is 25.1 Å². The molecule has 0 unspecified atom stereocenters. The third-order valence-electron chi connectivity index (χ3n) is 5.43. The Hall–Kier alpha value is -3.99. The predicted octanol–water partition coefficient (Wildman–Crippen LogP) is 3.47. The standard InChI is InChI=1S/C22H22F2N8O/c1-12-8-14-18(24)16(9-15(23)20(14)30-12)33-22-19(25)21(28-11-29-22)31-17-3-2-13(10-27-17)32-6-4-26-5-7-32/h2-3,8-11,26,30H,4-7,25H2,1H3,(H,27,28,29,31). The molecule has 33 heavy (non-hydrogen) atoms. The molecule has 3 aromatic heterocycles. The number of pyridine rings is 1. The summed E-state index contributed by atoms with van der Waals surface area (Å²) in [7, 11) is 0. The molecule has 0 bridgehead atoms. The second kappa shape index (κ2) is 8.51. The van der Waals surface area contributed by atoms with Crippen LogP contribution < -0.4 is 26.0 Å². The highest BCUT2D eigenvalue weighted by molar-refractivity contribution is 5.83. The minimum atomic E-state index is -0.714. The van der Waals surface area contributed by atoms with E-state index in [1.807, 2.05) is 12.1 Å². The van der Waals surface area contributed by atoms with E-state index in [0.717, 1.165) is 37.9 Å². The third kappa shape index (κ3) is 4.10. The number of fused-ring (bicyclic) bond motifs is 1. The first-order valence-corrected chi connectivity index (χ1v) is 10.4. The Kier molecular flexibility index (Phi) is 5.38. The fourth-order valence-corrected chi connectivity index (χ4v) is 3.76. The molecular formula is C22H22F2N8O. The van der Waals surface area contributed by atoms with Crippen LogP contribution in [-0.4, -0.2) is 46.1 Å². The summed E-state index contributed by atoms with van der Waals surface area (Å²) in [5.74, 6) is -1.03. The number of nitrogens with two attached hydrogens (primary N) is 1. The number of ether oxygens (including phenoxy) is 1. The van der Waals surface area contributed by atoms with Crippen molar-refractivity contribution in [1.29, 1.82) is 0 Å². The van der Waals surface area contributed by atoms with Crippen molar-refractivity contribution in [2.24, 2.45) is 0 Å². The molecule has 1 aliphatic rings. The Bertz CT molecular complexity index is 1300. The first kappa shape index (κ1) is 20.9. The number of hydrogen-bond acceptors (Lipinski definition) is 8. The minimum Gasteiger partial charge on any atom is -0.434 e. The van der Waals surface area contributed by atoms with E-state index in [0.29, 0.717) is 11.5 Å². The number of nitrogens with zero attached hydrogens (tertiary/aromatic N) is 4. The number of anilines is 4. The van der Waals surface area contributed by atoms with Gasteiger partial charge in [-0.2, -0.15) is 4.98 Å². The van der Waals surface area contributed by atoms with Gasteiger partial charge in [0.1, 0.15) is 17.8 Å². The van der Waals surface area contributed by atoms with Crippen molar-refractivity contribution in [2.45, 2.75) is 6.92 Å². The zero-order chi connectivity index (χ0) is 22.9. The van der Waals surface area contributed by atoms with Gasteiger partial charge in [0, 0.05) is 43.3 Å². The molecule has 4 heterocycles. The van der Waals surface area contributed by atoms with Crippen LogP contribution in [0, 0.1) is 18.6 Å². The lowest BCUT2D eigenvalue weighted by Gasteiger charge is -2.29. The van der Waals surface area contributed by atoms with Gasteiger partial charge in [0.05, 0.1) is 17.4 Å². The Morgan fingerprint density at radius 3 is 2.70 bits per heavy atom. The molecule has 1 fully saturated rings. The lowest BCUT2D eigenvalue weighted by Crippen LogP contribution is -2.43. The summed E-state index contributed by atoms with van der Waals surface area (Å²) in [5, 5.41) is 6.42. The van der Waals surface area contributed by atoms with Crippen LogP contribution in [0.2, 0.25) is 0 Å². The average molecular weight is 452 g/mol. The number of hydrogen-bond donors (Lipinski definition) is 4. The first-order chi connectivity index (χ1) is 16.0. The molecule has 0 amide bonds. The summed E-state index contributed by atoms with van der Waals surface area (Å²) in [6.45, 7) is 5.41. The molecule has 9 nitrogen and oxygen atoms in total. The first-order valence-electron chi connectivity index (χ1n) is 10.4. The molecule has 0 aliphatic carbocycles. The minimum absolute atomic E-state index is 0.0376. The monoisotopic (exact) mass is 452 g/mol. The molecule has 11 heteroatoms. The Labute approximate surface area is 188 Å². The molecule has 0 spiro atoms. The van der Waals surface area contributed by atoms with Gasteiger partial charge in [-0.1, -0.05) is 0 Å². The van der Waals surface area contributed by atoms with Gasteiger partial charge in [0.2, 0.25) is 5.88 Å². The summed E-state index contributed by atoms with van der Waals surface area (Å²) in [6, 6.07) is 6.24. The number of aryl methyl sites for hydroxylation is 1. The van der Waals surface area contributed by atoms with Gasteiger partial charge in [-0.3, -0.25) is 0 Å². The topological polar surface area (TPSA) is 117 Å². The SMILES string of the molecule is Cc1cc2c(F)c(Oc3ncnc(Nc4ccc(N5CCNCC5)cn4)c3N)cc(F)c2[nH]1. The van der Waals surface area contributed by atoms with E-state index >= 15 is 0 Å².